The maximum absolute atomic E-state index is 9.07. The van der Waals surface area contributed by atoms with Gasteiger partial charge in [0.05, 0.1) is 12.6 Å². The number of H-pyrrole nitrogens is 1. The van der Waals surface area contributed by atoms with Crippen molar-refractivity contribution < 1.29 is 5.11 Å². The average Bonchev–Trinajstić information content (AvgIpc) is 2.71. The Hall–Kier alpha value is -1.30. The second-order valence-electron chi connectivity index (χ2n) is 3.19. The molecule has 6 heteroatoms. The molecule has 6 nitrogen and oxygen atoms in total. The number of nitrogens with one attached hydrogen (secondary N) is 1. The molecule has 4 N–H and O–H groups in total. The molecule has 2 heterocycles. The summed E-state index contributed by atoms with van der Waals surface area (Å²) in [6.07, 6.45) is 2.06. The molecule has 0 spiro atoms. The largest absolute Gasteiger partial charge is 0.394 e. The Morgan fingerprint density at radius 3 is 3.15 bits per heavy atom. The van der Waals surface area contributed by atoms with E-state index in [9.17, 15) is 0 Å². The zero-order valence-corrected chi connectivity index (χ0v) is 7.27. The number of aromatic nitrogens is 3. The van der Waals surface area contributed by atoms with Gasteiger partial charge in [-0.15, -0.1) is 5.10 Å². The highest BCUT2D eigenvalue weighted by Gasteiger charge is 2.26. The van der Waals surface area contributed by atoms with Crippen molar-refractivity contribution >= 4 is 11.9 Å². The Morgan fingerprint density at radius 1 is 1.69 bits per heavy atom. The molecule has 1 aromatic heterocycles. The lowest BCUT2D eigenvalue weighted by atomic mass is 10.2. The summed E-state index contributed by atoms with van der Waals surface area (Å²) >= 11 is 0. The molecule has 1 fully saturated rings. The fraction of sp³-hybridized carbons (Fsp3) is 0.714. The Labute approximate surface area is 75.8 Å². The highest BCUT2D eigenvalue weighted by Crippen LogP contribution is 2.21. The number of nitrogen functional groups attached to an aromatic ring is 1. The van der Waals surface area contributed by atoms with Gasteiger partial charge in [-0.05, 0) is 12.8 Å². The third-order valence-corrected chi connectivity index (χ3v) is 2.34. The minimum Gasteiger partial charge on any atom is -0.394 e. The molecule has 0 amide bonds. The second kappa shape index (κ2) is 3.21. The molecule has 1 aliphatic rings. The highest BCUT2D eigenvalue weighted by molar-refractivity contribution is 5.36. The number of aromatic amines is 1. The van der Waals surface area contributed by atoms with Crippen molar-refractivity contribution in [3.8, 4) is 0 Å². The van der Waals surface area contributed by atoms with Gasteiger partial charge in [0.25, 0.3) is 0 Å². The molecule has 2 rings (SSSR count). The molecular formula is C7H13N5O. The molecule has 0 bridgehead atoms. The summed E-state index contributed by atoms with van der Waals surface area (Å²) in [6.45, 7) is 1.04. The molecule has 72 valence electrons. The van der Waals surface area contributed by atoms with Crippen LogP contribution < -0.4 is 10.6 Å². The summed E-state index contributed by atoms with van der Waals surface area (Å²) in [5.41, 5.74) is 5.41. The van der Waals surface area contributed by atoms with Gasteiger partial charge in [-0.25, -0.2) is 5.10 Å². The van der Waals surface area contributed by atoms with Crippen LogP contribution in [-0.2, 0) is 0 Å². The van der Waals surface area contributed by atoms with Gasteiger partial charge in [0, 0.05) is 6.54 Å². The molecule has 1 atom stereocenters. The highest BCUT2D eigenvalue weighted by atomic mass is 16.3. The lowest BCUT2D eigenvalue weighted by Crippen LogP contribution is -2.32. The van der Waals surface area contributed by atoms with Crippen LogP contribution in [0.25, 0.3) is 0 Å². The summed E-state index contributed by atoms with van der Waals surface area (Å²) in [5.74, 6) is 0.910. The molecule has 0 saturated carbocycles. The van der Waals surface area contributed by atoms with Crippen LogP contribution in [0.4, 0.5) is 11.9 Å². The van der Waals surface area contributed by atoms with Crippen LogP contribution in [0.3, 0.4) is 0 Å². The molecule has 0 aliphatic carbocycles. The van der Waals surface area contributed by atoms with Crippen LogP contribution in [0, 0.1) is 0 Å². The fourth-order valence-corrected chi connectivity index (χ4v) is 1.68. The smallest absolute Gasteiger partial charge is 0.246 e. The van der Waals surface area contributed by atoms with Crippen LogP contribution in [-0.4, -0.2) is 39.5 Å². The lowest BCUT2D eigenvalue weighted by Gasteiger charge is -2.20. The third kappa shape index (κ3) is 1.44. The first-order chi connectivity index (χ1) is 6.31. The van der Waals surface area contributed by atoms with Gasteiger partial charge < -0.3 is 15.7 Å². The van der Waals surface area contributed by atoms with Crippen molar-refractivity contribution in [2.45, 2.75) is 18.9 Å². The summed E-state index contributed by atoms with van der Waals surface area (Å²) in [4.78, 5) is 6.00. The van der Waals surface area contributed by atoms with Crippen molar-refractivity contribution in [1.82, 2.24) is 15.2 Å². The number of aliphatic hydroxyl groups excluding tert-OH is 1. The summed E-state index contributed by atoms with van der Waals surface area (Å²) < 4.78 is 0. The first-order valence-electron chi connectivity index (χ1n) is 4.36. The Kier molecular flexibility index (Phi) is 2.05. The number of nitrogens with two attached hydrogens (primary N) is 1. The van der Waals surface area contributed by atoms with Gasteiger partial charge in [-0.3, -0.25) is 0 Å². The molecule has 0 radical (unpaired) electrons. The van der Waals surface area contributed by atoms with Crippen molar-refractivity contribution in [2.24, 2.45) is 0 Å². The van der Waals surface area contributed by atoms with Crippen molar-refractivity contribution in [3.05, 3.63) is 0 Å². The molecular weight excluding hydrogens is 170 g/mol. The second-order valence-corrected chi connectivity index (χ2v) is 3.19. The monoisotopic (exact) mass is 183 g/mol. The van der Waals surface area contributed by atoms with E-state index in [1.807, 2.05) is 4.90 Å². The predicted octanol–water partition coefficient (Wildman–Crippen LogP) is -0.652. The number of hydrogen-bond donors (Lipinski definition) is 3. The number of rotatable bonds is 2. The first-order valence-corrected chi connectivity index (χ1v) is 4.36. The molecule has 1 aromatic rings. The number of nitrogens with zero attached hydrogens (tertiary/aromatic N) is 3. The Balaban J connectivity index is 2.15. The normalized spacial score (nSPS) is 22.5. The SMILES string of the molecule is Nc1nc(N2CCCC2CO)n[nH]1. The van der Waals surface area contributed by atoms with E-state index in [0.717, 1.165) is 19.4 Å². The van der Waals surface area contributed by atoms with E-state index in [1.54, 1.807) is 0 Å². The Bertz CT molecular complexity index is 286. The van der Waals surface area contributed by atoms with Gasteiger partial charge in [0.1, 0.15) is 0 Å². The molecule has 1 saturated heterocycles. The van der Waals surface area contributed by atoms with Crippen LogP contribution in [0.15, 0.2) is 0 Å². The molecule has 1 unspecified atom stereocenters. The van der Waals surface area contributed by atoms with Crippen LogP contribution in [0.2, 0.25) is 0 Å². The summed E-state index contributed by atoms with van der Waals surface area (Å²) in [6, 6.07) is 0.148. The minimum atomic E-state index is 0.147. The van der Waals surface area contributed by atoms with Crippen LogP contribution >= 0.6 is 0 Å². The van der Waals surface area contributed by atoms with Crippen molar-refractivity contribution in [1.29, 1.82) is 0 Å². The average molecular weight is 183 g/mol. The van der Waals surface area contributed by atoms with Crippen LogP contribution in [0.5, 0.6) is 0 Å². The van der Waals surface area contributed by atoms with Gasteiger partial charge in [-0.1, -0.05) is 0 Å². The topological polar surface area (TPSA) is 91.1 Å². The summed E-state index contributed by atoms with van der Waals surface area (Å²) in [7, 11) is 0. The van der Waals surface area contributed by atoms with E-state index in [4.69, 9.17) is 10.8 Å². The quantitative estimate of drug-likeness (QED) is 0.566. The predicted molar refractivity (Wildman–Crippen MR) is 48.2 cm³/mol. The number of anilines is 2. The van der Waals surface area contributed by atoms with E-state index < -0.39 is 0 Å². The maximum Gasteiger partial charge on any atom is 0.246 e. The van der Waals surface area contributed by atoms with Gasteiger partial charge >= 0.3 is 0 Å². The molecule has 0 aromatic carbocycles. The van der Waals surface area contributed by atoms with E-state index in [1.165, 1.54) is 0 Å². The third-order valence-electron chi connectivity index (χ3n) is 2.34. The fourth-order valence-electron chi connectivity index (χ4n) is 1.68. The standard InChI is InChI=1S/C7H13N5O/c8-6-9-7(11-10-6)12-3-1-2-5(12)4-13/h5,13H,1-4H2,(H3,8,9,10,11). The van der Waals surface area contributed by atoms with E-state index in [2.05, 4.69) is 15.2 Å². The van der Waals surface area contributed by atoms with Gasteiger partial charge in [0.15, 0.2) is 0 Å². The Morgan fingerprint density at radius 2 is 2.54 bits per heavy atom. The summed E-state index contributed by atoms with van der Waals surface area (Å²) in [5, 5.41) is 15.6. The zero-order valence-electron chi connectivity index (χ0n) is 7.27. The van der Waals surface area contributed by atoms with E-state index in [0.29, 0.717) is 11.9 Å². The van der Waals surface area contributed by atoms with Gasteiger partial charge in [0.2, 0.25) is 11.9 Å². The molecule has 13 heavy (non-hydrogen) atoms. The lowest BCUT2D eigenvalue weighted by molar-refractivity contribution is 0.265. The number of aliphatic hydroxyl groups is 1. The maximum atomic E-state index is 9.07. The number of hydrogen-bond acceptors (Lipinski definition) is 5. The molecule has 1 aliphatic heterocycles. The van der Waals surface area contributed by atoms with E-state index >= 15 is 0 Å². The minimum absolute atomic E-state index is 0.147. The van der Waals surface area contributed by atoms with Gasteiger partial charge in [-0.2, -0.15) is 4.98 Å². The van der Waals surface area contributed by atoms with Crippen LogP contribution in [0.1, 0.15) is 12.8 Å². The van der Waals surface area contributed by atoms with E-state index in [-0.39, 0.29) is 12.6 Å². The van der Waals surface area contributed by atoms with Crippen molar-refractivity contribution in [3.63, 3.8) is 0 Å². The first kappa shape index (κ1) is 8.31. The zero-order chi connectivity index (χ0) is 9.26. The van der Waals surface area contributed by atoms with Crippen molar-refractivity contribution in [2.75, 3.05) is 23.8 Å².